The van der Waals surface area contributed by atoms with Crippen LogP contribution in [0.2, 0.25) is 0 Å². The summed E-state index contributed by atoms with van der Waals surface area (Å²) >= 11 is 0. The highest BCUT2D eigenvalue weighted by Gasteiger charge is 2.07. The van der Waals surface area contributed by atoms with E-state index in [0.717, 1.165) is 5.82 Å². The van der Waals surface area contributed by atoms with Crippen LogP contribution in [-0.4, -0.2) is 39.7 Å². The molecule has 1 heterocycles. The lowest BCUT2D eigenvalue weighted by atomic mass is 10.1. The van der Waals surface area contributed by atoms with E-state index in [1.165, 1.54) is 0 Å². The Morgan fingerprint density at radius 3 is 2.80 bits per heavy atom. The molecule has 0 spiro atoms. The predicted octanol–water partition coefficient (Wildman–Crippen LogP) is 0.763. The number of nitrogens with one attached hydrogen (secondary N) is 2. The fourth-order valence-corrected chi connectivity index (χ4v) is 1.73. The maximum atomic E-state index is 11.5. The van der Waals surface area contributed by atoms with Gasteiger partial charge in [0.2, 0.25) is 0 Å². The fraction of sp³-hybridized carbons (Fsp3) is 0.615. The van der Waals surface area contributed by atoms with Gasteiger partial charge in [-0.1, -0.05) is 6.92 Å². The first-order valence-corrected chi connectivity index (χ1v) is 6.68. The van der Waals surface area contributed by atoms with E-state index in [2.05, 4.69) is 15.6 Å². The number of carboxylic acid groups (broad SMARTS) is 1. The van der Waals surface area contributed by atoms with Crippen molar-refractivity contribution in [3.63, 3.8) is 0 Å². The Hall–Kier alpha value is -2.05. The van der Waals surface area contributed by atoms with Gasteiger partial charge in [-0.2, -0.15) is 0 Å². The van der Waals surface area contributed by atoms with E-state index in [4.69, 9.17) is 5.11 Å². The van der Waals surface area contributed by atoms with Crippen LogP contribution in [0.3, 0.4) is 0 Å². The Morgan fingerprint density at radius 2 is 2.20 bits per heavy atom. The average Bonchev–Trinajstić information content (AvgIpc) is 2.79. The summed E-state index contributed by atoms with van der Waals surface area (Å²) in [5.74, 6) is 0.253. The molecule has 0 fully saturated rings. The van der Waals surface area contributed by atoms with Crippen molar-refractivity contribution in [1.29, 1.82) is 0 Å². The van der Waals surface area contributed by atoms with E-state index in [0.29, 0.717) is 25.9 Å². The average molecular weight is 282 g/mol. The number of imidazole rings is 1. The van der Waals surface area contributed by atoms with Gasteiger partial charge in [0.1, 0.15) is 5.82 Å². The molecule has 0 saturated carbocycles. The van der Waals surface area contributed by atoms with Crippen LogP contribution in [-0.2, 0) is 18.3 Å². The molecule has 2 amide bonds. The summed E-state index contributed by atoms with van der Waals surface area (Å²) in [7, 11) is 1.91. The van der Waals surface area contributed by atoms with Gasteiger partial charge >= 0.3 is 12.0 Å². The summed E-state index contributed by atoms with van der Waals surface area (Å²) in [6.45, 7) is 2.90. The third-order valence-corrected chi connectivity index (χ3v) is 3.02. The predicted molar refractivity (Wildman–Crippen MR) is 74.3 cm³/mol. The van der Waals surface area contributed by atoms with Gasteiger partial charge < -0.3 is 20.3 Å². The maximum absolute atomic E-state index is 11.5. The number of hydrogen-bond donors (Lipinski definition) is 3. The number of urea groups is 1. The molecule has 0 bridgehead atoms. The van der Waals surface area contributed by atoms with Gasteiger partial charge in [-0.3, -0.25) is 4.79 Å². The topological polar surface area (TPSA) is 96.2 Å². The Kier molecular flexibility index (Phi) is 6.55. The lowest BCUT2D eigenvalue weighted by molar-refractivity contribution is -0.137. The number of carboxylic acids is 1. The first kappa shape index (κ1) is 16.0. The second-order valence-corrected chi connectivity index (χ2v) is 4.88. The smallest absolute Gasteiger partial charge is 0.314 e. The van der Waals surface area contributed by atoms with Crippen molar-refractivity contribution >= 4 is 12.0 Å². The molecular weight excluding hydrogens is 260 g/mol. The van der Waals surface area contributed by atoms with Gasteiger partial charge in [0.05, 0.1) is 0 Å². The fourth-order valence-electron chi connectivity index (χ4n) is 1.73. The second kappa shape index (κ2) is 8.19. The van der Waals surface area contributed by atoms with Crippen molar-refractivity contribution in [3.05, 3.63) is 18.2 Å². The van der Waals surface area contributed by atoms with Gasteiger partial charge in [-0.15, -0.1) is 0 Å². The zero-order valence-electron chi connectivity index (χ0n) is 11.9. The highest BCUT2D eigenvalue weighted by molar-refractivity contribution is 5.73. The lowest BCUT2D eigenvalue weighted by Gasteiger charge is -2.12. The molecule has 0 saturated heterocycles. The molecule has 7 heteroatoms. The number of aryl methyl sites for hydroxylation is 1. The van der Waals surface area contributed by atoms with Crippen molar-refractivity contribution in [2.75, 3.05) is 13.1 Å². The largest absolute Gasteiger partial charge is 0.481 e. The van der Waals surface area contributed by atoms with Gasteiger partial charge in [0, 0.05) is 45.4 Å². The molecule has 0 aliphatic rings. The van der Waals surface area contributed by atoms with Crippen LogP contribution in [0.1, 0.15) is 25.6 Å². The standard InChI is InChI=1S/C13H22N4O3/c1-10(3-4-12(18)19)9-16-13(20)15-6-5-11-14-7-8-17(11)2/h7-8,10H,3-6,9H2,1-2H3,(H,18,19)(H2,15,16,20). The Morgan fingerprint density at radius 1 is 1.45 bits per heavy atom. The number of amides is 2. The number of nitrogens with zero attached hydrogens (tertiary/aromatic N) is 2. The molecule has 1 atom stereocenters. The Labute approximate surface area is 118 Å². The van der Waals surface area contributed by atoms with Gasteiger partial charge in [-0.25, -0.2) is 9.78 Å². The molecule has 0 aromatic carbocycles. The zero-order chi connectivity index (χ0) is 15.0. The van der Waals surface area contributed by atoms with Crippen LogP contribution in [0.4, 0.5) is 4.79 Å². The van der Waals surface area contributed by atoms with Gasteiger partial charge in [-0.05, 0) is 12.3 Å². The molecule has 1 aromatic rings. The van der Waals surface area contributed by atoms with Crippen LogP contribution in [0, 0.1) is 5.92 Å². The molecule has 0 radical (unpaired) electrons. The molecule has 1 aromatic heterocycles. The summed E-state index contributed by atoms with van der Waals surface area (Å²) in [6, 6.07) is -0.235. The Bertz CT molecular complexity index is 445. The van der Waals surface area contributed by atoms with Crippen molar-refractivity contribution in [2.24, 2.45) is 13.0 Å². The van der Waals surface area contributed by atoms with Crippen LogP contribution in [0.15, 0.2) is 12.4 Å². The van der Waals surface area contributed by atoms with E-state index in [1.807, 2.05) is 24.7 Å². The van der Waals surface area contributed by atoms with Crippen molar-refractivity contribution in [1.82, 2.24) is 20.2 Å². The highest BCUT2D eigenvalue weighted by Crippen LogP contribution is 2.03. The molecule has 0 aliphatic heterocycles. The molecule has 1 rings (SSSR count). The molecule has 20 heavy (non-hydrogen) atoms. The van der Waals surface area contributed by atoms with Crippen LogP contribution in [0.5, 0.6) is 0 Å². The quantitative estimate of drug-likeness (QED) is 0.656. The summed E-state index contributed by atoms with van der Waals surface area (Å²) in [5.41, 5.74) is 0. The summed E-state index contributed by atoms with van der Waals surface area (Å²) in [5, 5.41) is 14.0. The van der Waals surface area contributed by atoms with Crippen LogP contribution < -0.4 is 10.6 Å². The van der Waals surface area contributed by atoms with E-state index in [-0.39, 0.29) is 18.4 Å². The van der Waals surface area contributed by atoms with Crippen molar-refractivity contribution in [2.45, 2.75) is 26.2 Å². The maximum Gasteiger partial charge on any atom is 0.314 e. The molecule has 3 N–H and O–H groups in total. The number of aromatic nitrogens is 2. The summed E-state index contributed by atoms with van der Waals surface area (Å²) < 4.78 is 1.91. The SMILES string of the molecule is CC(CCC(=O)O)CNC(=O)NCCc1nccn1C. The second-order valence-electron chi connectivity index (χ2n) is 4.88. The van der Waals surface area contributed by atoms with E-state index < -0.39 is 5.97 Å². The van der Waals surface area contributed by atoms with Gasteiger partial charge in [0.15, 0.2) is 0 Å². The lowest BCUT2D eigenvalue weighted by Crippen LogP contribution is -2.39. The number of rotatable bonds is 8. The number of hydrogen-bond acceptors (Lipinski definition) is 3. The summed E-state index contributed by atoms with van der Waals surface area (Å²) in [6.07, 6.45) is 4.94. The van der Waals surface area contributed by atoms with E-state index in [1.54, 1.807) is 6.20 Å². The molecular formula is C13H22N4O3. The number of carbonyl (C=O) groups is 2. The highest BCUT2D eigenvalue weighted by atomic mass is 16.4. The molecule has 7 nitrogen and oxygen atoms in total. The van der Waals surface area contributed by atoms with E-state index >= 15 is 0 Å². The minimum atomic E-state index is -0.809. The molecule has 0 aliphatic carbocycles. The van der Waals surface area contributed by atoms with E-state index in [9.17, 15) is 9.59 Å². The zero-order valence-corrected chi connectivity index (χ0v) is 11.9. The summed E-state index contributed by atoms with van der Waals surface area (Å²) in [4.78, 5) is 26.1. The van der Waals surface area contributed by atoms with Gasteiger partial charge in [0.25, 0.3) is 0 Å². The minimum Gasteiger partial charge on any atom is -0.481 e. The molecule has 112 valence electrons. The first-order chi connectivity index (χ1) is 9.49. The number of carbonyl (C=O) groups excluding carboxylic acids is 1. The van der Waals surface area contributed by atoms with Crippen molar-refractivity contribution in [3.8, 4) is 0 Å². The first-order valence-electron chi connectivity index (χ1n) is 6.68. The molecule has 1 unspecified atom stereocenters. The van der Waals surface area contributed by atoms with Crippen LogP contribution in [0.25, 0.3) is 0 Å². The third kappa shape index (κ3) is 6.21. The normalized spacial score (nSPS) is 11.9. The minimum absolute atomic E-state index is 0.129. The Balaban J connectivity index is 2.11. The number of aliphatic carboxylic acids is 1. The monoisotopic (exact) mass is 282 g/mol. The van der Waals surface area contributed by atoms with Crippen LogP contribution >= 0.6 is 0 Å². The van der Waals surface area contributed by atoms with Crippen molar-refractivity contribution < 1.29 is 14.7 Å². The third-order valence-electron chi connectivity index (χ3n) is 3.02.